The molecule has 1 fully saturated rings. The lowest BCUT2D eigenvalue weighted by molar-refractivity contribution is 0.0374. The van der Waals surface area contributed by atoms with E-state index in [0.717, 1.165) is 5.56 Å². The van der Waals surface area contributed by atoms with Crippen molar-refractivity contribution in [3.05, 3.63) is 35.4 Å². The molecule has 0 bridgehead atoms. The first-order chi connectivity index (χ1) is 8.95. The van der Waals surface area contributed by atoms with Crippen molar-refractivity contribution in [2.75, 3.05) is 13.7 Å². The van der Waals surface area contributed by atoms with Crippen LogP contribution >= 0.6 is 12.4 Å². The van der Waals surface area contributed by atoms with Gasteiger partial charge >= 0.3 is 12.1 Å². The van der Waals surface area contributed by atoms with Gasteiger partial charge in [0, 0.05) is 5.41 Å². The average Bonchev–Trinajstić information content (AvgIpc) is 2.41. The average molecular weight is 300 g/mol. The molecule has 1 aliphatic heterocycles. The first-order valence-electron chi connectivity index (χ1n) is 6.06. The minimum atomic E-state index is -0.469. The van der Waals surface area contributed by atoms with Gasteiger partial charge in [0.25, 0.3) is 0 Å². The number of rotatable bonds is 2. The molecule has 5 nitrogen and oxygen atoms in total. The fourth-order valence-corrected chi connectivity index (χ4v) is 2.23. The minimum Gasteiger partial charge on any atom is -0.465 e. The van der Waals surface area contributed by atoms with Gasteiger partial charge in [-0.15, -0.1) is 12.4 Å². The summed E-state index contributed by atoms with van der Waals surface area (Å²) in [6.07, 6.45) is -0.469. The maximum absolute atomic E-state index is 11.8. The number of nitrogens with one attached hydrogen (secondary N) is 1. The molecule has 110 valence electrons. The molecule has 0 radical (unpaired) electrons. The molecule has 2 rings (SSSR count). The number of carbonyl (C=O) groups is 2. The number of hydrogen-bond acceptors (Lipinski definition) is 4. The molecule has 1 atom stereocenters. The summed E-state index contributed by atoms with van der Waals surface area (Å²) in [6, 6.07) is 6.83. The predicted molar refractivity (Wildman–Crippen MR) is 76.0 cm³/mol. The van der Waals surface area contributed by atoms with Gasteiger partial charge in [-0.1, -0.05) is 32.0 Å². The second-order valence-electron chi connectivity index (χ2n) is 5.22. The fraction of sp³-hybridized carbons (Fsp3) is 0.429. The van der Waals surface area contributed by atoms with E-state index in [1.165, 1.54) is 7.11 Å². The minimum absolute atomic E-state index is 0. The van der Waals surface area contributed by atoms with E-state index in [2.05, 4.69) is 5.32 Å². The number of halogens is 1. The van der Waals surface area contributed by atoms with Crippen LogP contribution < -0.4 is 5.32 Å². The third-order valence-electron chi connectivity index (χ3n) is 3.30. The van der Waals surface area contributed by atoms with Crippen molar-refractivity contribution in [1.82, 2.24) is 5.32 Å². The van der Waals surface area contributed by atoms with Crippen molar-refractivity contribution in [2.45, 2.75) is 19.9 Å². The summed E-state index contributed by atoms with van der Waals surface area (Å²) in [5, 5.41) is 2.77. The molecule has 1 N–H and O–H groups in total. The van der Waals surface area contributed by atoms with Gasteiger partial charge in [0.1, 0.15) is 6.61 Å². The number of amides is 1. The number of benzene rings is 1. The first-order valence-corrected chi connectivity index (χ1v) is 6.06. The first kappa shape index (κ1) is 16.3. The highest BCUT2D eigenvalue weighted by Gasteiger charge is 2.39. The Bertz CT molecular complexity index is 516. The lowest BCUT2D eigenvalue weighted by Gasteiger charge is -2.39. The predicted octanol–water partition coefficient (Wildman–Crippen LogP) is 2.70. The van der Waals surface area contributed by atoms with Crippen LogP contribution in [0.25, 0.3) is 0 Å². The van der Waals surface area contributed by atoms with E-state index in [0.29, 0.717) is 12.2 Å². The Balaban J connectivity index is 0.00000200. The summed E-state index contributed by atoms with van der Waals surface area (Å²) in [5.41, 5.74) is 0.902. The second kappa shape index (κ2) is 6.13. The number of carbonyl (C=O) groups excluding carboxylic acids is 2. The molecule has 1 aliphatic rings. The van der Waals surface area contributed by atoms with Gasteiger partial charge in [0.15, 0.2) is 0 Å². The molecule has 1 amide bonds. The maximum Gasteiger partial charge on any atom is 0.407 e. The van der Waals surface area contributed by atoms with E-state index in [1.807, 2.05) is 26.0 Å². The summed E-state index contributed by atoms with van der Waals surface area (Å²) in [5.74, 6) is -0.410. The molecule has 1 saturated heterocycles. The molecule has 0 aliphatic carbocycles. The molecule has 0 unspecified atom stereocenters. The number of ether oxygens (including phenoxy) is 2. The van der Waals surface area contributed by atoms with E-state index < -0.39 is 12.1 Å². The molecule has 6 heteroatoms. The lowest BCUT2D eigenvalue weighted by Crippen LogP contribution is -2.47. The number of esters is 1. The van der Waals surface area contributed by atoms with Gasteiger partial charge in [0.2, 0.25) is 0 Å². The van der Waals surface area contributed by atoms with Gasteiger partial charge in [-0.3, -0.25) is 0 Å². The Labute approximate surface area is 124 Å². The van der Waals surface area contributed by atoms with Gasteiger partial charge in [-0.25, -0.2) is 9.59 Å². The monoisotopic (exact) mass is 299 g/mol. The molecule has 1 aromatic carbocycles. The van der Waals surface area contributed by atoms with Crippen molar-refractivity contribution in [3.63, 3.8) is 0 Å². The van der Waals surface area contributed by atoms with Crippen molar-refractivity contribution >= 4 is 24.5 Å². The summed E-state index contributed by atoms with van der Waals surface area (Å²) < 4.78 is 9.79. The van der Waals surface area contributed by atoms with Crippen molar-refractivity contribution in [1.29, 1.82) is 0 Å². The molecule has 20 heavy (non-hydrogen) atoms. The third-order valence-corrected chi connectivity index (χ3v) is 3.30. The zero-order valence-corrected chi connectivity index (χ0v) is 12.5. The van der Waals surface area contributed by atoms with Crippen LogP contribution in [-0.2, 0) is 9.47 Å². The molecular formula is C14H18ClNO4. The van der Waals surface area contributed by atoms with Crippen LogP contribution in [0, 0.1) is 5.41 Å². The molecule has 0 aromatic heterocycles. The van der Waals surface area contributed by atoms with Gasteiger partial charge in [-0.2, -0.15) is 0 Å². The van der Waals surface area contributed by atoms with Crippen LogP contribution in [0.4, 0.5) is 4.79 Å². The quantitative estimate of drug-likeness (QED) is 0.853. The normalized spacial score (nSPS) is 20.1. The Hall–Kier alpha value is -1.75. The zero-order chi connectivity index (χ0) is 14.0. The lowest BCUT2D eigenvalue weighted by atomic mass is 9.79. The Kier molecular flexibility index (Phi) is 5.00. The number of methoxy groups -OCH3 is 1. The third kappa shape index (κ3) is 3.04. The van der Waals surface area contributed by atoms with Crippen LogP contribution in [-0.4, -0.2) is 25.8 Å². The largest absolute Gasteiger partial charge is 0.465 e. The van der Waals surface area contributed by atoms with Crippen LogP contribution in [0.1, 0.15) is 35.8 Å². The van der Waals surface area contributed by atoms with Gasteiger partial charge < -0.3 is 14.8 Å². The maximum atomic E-state index is 11.8. The smallest absolute Gasteiger partial charge is 0.407 e. The van der Waals surface area contributed by atoms with Crippen molar-refractivity contribution < 1.29 is 19.1 Å². The molecule has 1 aromatic rings. The Morgan fingerprint density at radius 1 is 1.40 bits per heavy atom. The number of cyclic esters (lactones) is 1. The number of alkyl carbamates (subject to hydrolysis) is 1. The molecule has 0 spiro atoms. The highest BCUT2D eigenvalue weighted by molar-refractivity contribution is 5.91. The Morgan fingerprint density at radius 2 is 2.05 bits per heavy atom. The Morgan fingerprint density at radius 3 is 2.70 bits per heavy atom. The van der Waals surface area contributed by atoms with E-state index in [4.69, 9.17) is 9.47 Å². The SMILES string of the molecule is COC(=O)c1ccccc1[C@@H]1NC(=O)OCC1(C)C.Cl. The summed E-state index contributed by atoms with van der Waals surface area (Å²) in [4.78, 5) is 23.2. The topological polar surface area (TPSA) is 64.6 Å². The molecular weight excluding hydrogens is 282 g/mol. The van der Waals surface area contributed by atoms with E-state index in [9.17, 15) is 9.59 Å². The van der Waals surface area contributed by atoms with Crippen LogP contribution in [0.2, 0.25) is 0 Å². The molecule has 1 heterocycles. The highest BCUT2D eigenvalue weighted by Crippen LogP contribution is 2.37. The van der Waals surface area contributed by atoms with Crippen LogP contribution in [0.3, 0.4) is 0 Å². The summed E-state index contributed by atoms with van der Waals surface area (Å²) >= 11 is 0. The summed E-state index contributed by atoms with van der Waals surface area (Å²) in [7, 11) is 1.34. The summed E-state index contributed by atoms with van der Waals surface area (Å²) in [6.45, 7) is 4.26. The van der Waals surface area contributed by atoms with Crippen LogP contribution in [0.15, 0.2) is 24.3 Å². The molecule has 0 saturated carbocycles. The zero-order valence-electron chi connectivity index (χ0n) is 11.6. The van der Waals surface area contributed by atoms with Gasteiger partial charge in [-0.05, 0) is 11.6 Å². The van der Waals surface area contributed by atoms with Crippen LogP contribution in [0.5, 0.6) is 0 Å². The van der Waals surface area contributed by atoms with E-state index in [1.54, 1.807) is 12.1 Å². The van der Waals surface area contributed by atoms with E-state index in [-0.39, 0.29) is 23.9 Å². The standard InChI is InChI=1S/C14H17NO4.ClH/c1-14(2)8-19-13(17)15-11(14)9-6-4-5-7-10(9)12(16)18-3;/h4-7,11H,8H2,1-3H3,(H,15,17);1H/t11-;/m0./s1. The van der Waals surface area contributed by atoms with Crippen molar-refractivity contribution in [3.8, 4) is 0 Å². The fourth-order valence-electron chi connectivity index (χ4n) is 2.23. The van der Waals surface area contributed by atoms with Gasteiger partial charge in [0.05, 0.1) is 18.7 Å². The second-order valence-corrected chi connectivity index (χ2v) is 5.22. The number of hydrogen-bond donors (Lipinski definition) is 1. The van der Waals surface area contributed by atoms with E-state index >= 15 is 0 Å². The van der Waals surface area contributed by atoms with Crippen molar-refractivity contribution in [2.24, 2.45) is 5.41 Å². The highest BCUT2D eigenvalue weighted by atomic mass is 35.5.